The minimum Gasteiger partial charge on any atom is -0.303 e. The van der Waals surface area contributed by atoms with Crippen LogP contribution < -0.4 is 5.32 Å². The summed E-state index contributed by atoms with van der Waals surface area (Å²) in [5, 5.41) is 10.3. The van der Waals surface area contributed by atoms with E-state index < -0.39 is 0 Å². The zero-order valence-corrected chi connectivity index (χ0v) is 13.6. The van der Waals surface area contributed by atoms with Gasteiger partial charge in [0.15, 0.2) is 5.65 Å². The van der Waals surface area contributed by atoms with Gasteiger partial charge in [0.25, 0.3) is 0 Å². The van der Waals surface area contributed by atoms with Crippen LogP contribution in [0.3, 0.4) is 0 Å². The van der Waals surface area contributed by atoms with E-state index in [1.807, 2.05) is 23.7 Å². The van der Waals surface area contributed by atoms with Gasteiger partial charge in [-0.25, -0.2) is 9.50 Å². The number of nitrogens with zero attached hydrogens (tertiary/aromatic N) is 3. The van der Waals surface area contributed by atoms with Gasteiger partial charge in [-0.3, -0.25) is 0 Å². The van der Waals surface area contributed by atoms with Crippen LogP contribution in [-0.2, 0) is 0 Å². The molecule has 4 nitrogen and oxygen atoms in total. The highest BCUT2D eigenvalue weighted by Crippen LogP contribution is 2.24. The van der Waals surface area contributed by atoms with Gasteiger partial charge in [0.1, 0.15) is 0 Å². The Morgan fingerprint density at radius 3 is 2.76 bits per heavy atom. The third-order valence-corrected chi connectivity index (χ3v) is 4.88. The monoisotopic (exact) mass is 300 g/mol. The van der Waals surface area contributed by atoms with Crippen LogP contribution in [0.15, 0.2) is 29.8 Å². The smallest absolute Gasteiger partial charge is 0.155 e. The Kier molecular flexibility index (Phi) is 3.78. The van der Waals surface area contributed by atoms with Gasteiger partial charge in [-0.05, 0) is 39.1 Å². The molecular formula is C16H20N4S. The molecule has 0 radical (unpaired) electrons. The van der Waals surface area contributed by atoms with Crippen molar-refractivity contribution >= 4 is 17.0 Å². The first-order valence-electron chi connectivity index (χ1n) is 7.17. The highest BCUT2D eigenvalue weighted by Gasteiger charge is 2.16. The third kappa shape index (κ3) is 2.71. The fraction of sp³-hybridized carbons (Fsp3) is 0.375. The molecule has 0 amide bonds. The minimum atomic E-state index is 0.225. The average molecular weight is 300 g/mol. The molecule has 1 unspecified atom stereocenters. The van der Waals surface area contributed by atoms with Crippen molar-refractivity contribution < 1.29 is 0 Å². The first kappa shape index (κ1) is 14.2. The highest BCUT2D eigenvalue weighted by molar-refractivity contribution is 7.10. The highest BCUT2D eigenvalue weighted by atomic mass is 32.1. The summed E-state index contributed by atoms with van der Waals surface area (Å²) in [5.74, 6) is 0. The second kappa shape index (κ2) is 5.58. The third-order valence-electron chi connectivity index (χ3n) is 3.82. The minimum absolute atomic E-state index is 0.225. The Balaban J connectivity index is 1.87. The van der Waals surface area contributed by atoms with E-state index in [0.29, 0.717) is 6.04 Å². The van der Waals surface area contributed by atoms with Gasteiger partial charge in [-0.15, -0.1) is 11.3 Å². The topological polar surface area (TPSA) is 42.2 Å². The Hall–Kier alpha value is -1.72. The average Bonchev–Trinajstić information content (AvgIpc) is 3.07. The number of rotatable bonds is 4. The molecule has 0 aliphatic heterocycles. The van der Waals surface area contributed by atoms with Crippen molar-refractivity contribution in [2.45, 2.75) is 39.8 Å². The van der Waals surface area contributed by atoms with Crippen LogP contribution in [0.25, 0.3) is 5.65 Å². The molecule has 0 saturated carbocycles. The van der Waals surface area contributed by atoms with Crippen molar-refractivity contribution in [2.24, 2.45) is 0 Å². The Bertz CT molecular complexity index is 745. The predicted octanol–water partition coefficient (Wildman–Crippen LogP) is 3.82. The van der Waals surface area contributed by atoms with Crippen LogP contribution in [-0.4, -0.2) is 14.6 Å². The first-order chi connectivity index (χ1) is 10.1. The van der Waals surface area contributed by atoms with Crippen LogP contribution in [0.2, 0.25) is 0 Å². The molecule has 3 rings (SSSR count). The lowest BCUT2D eigenvalue weighted by Crippen LogP contribution is -2.23. The maximum Gasteiger partial charge on any atom is 0.155 e. The maximum absolute atomic E-state index is 4.52. The van der Waals surface area contributed by atoms with Gasteiger partial charge in [0.2, 0.25) is 0 Å². The molecule has 21 heavy (non-hydrogen) atoms. The summed E-state index contributed by atoms with van der Waals surface area (Å²) in [4.78, 5) is 5.87. The van der Waals surface area contributed by atoms with Crippen LogP contribution in [0, 0.1) is 13.8 Å². The fourth-order valence-electron chi connectivity index (χ4n) is 2.69. The lowest BCUT2D eigenvalue weighted by atomic mass is 10.1. The molecule has 3 heterocycles. The largest absolute Gasteiger partial charge is 0.303 e. The zero-order valence-electron chi connectivity index (χ0n) is 12.8. The van der Waals surface area contributed by atoms with Crippen molar-refractivity contribution in [3.05, 3.63) is 51.6 Å². The van der Waals surface area contributed by atoms with Crippen molar-refractivity contribution in [3.8, 4) is 0 Å². The number of hydrogen-bond donors (Lipinski definition) is 1. The molecule has 0 spiro atoms. The van der Waals surface area contributed by atoms with E-state index in [-0.39, 0.29) is 6.04 Å². The number of thiophene rings is 1. The summed E-state index contributed by atoms with van der Waals surface area (Å²) >= 11 is 1.78. The van der Waals surface area contributed by atoms with Gasteiger partial charge in [-0.1, -0.05) is 6.07 Å². The fourth-order valence-corrected chi connectivity index (χ4v) is 3.43. The van der Waals surface area contributed by atoms with Crippen LogP contribution in [0.4, 0.5) is 0 Å². The Morgan fingerprint density at radius 2 is 2.05 bits per heavy atom. The first-order valence-corrected chi connectivity index (χ1v) is 8.05. The van der Waals surface area contributed by atoms with Crippen LogP contribution >= 0.6 is 11.3 Å². The Morgan fingerprint density at radius 1 is 1.24 bits per heavy atom. The molecule has 0 aromatic carbocycles. The summed E-state index contributed by atoms with van der Waals surface area (Å²) in [7, 11) is 0. The second-order valence-electron chi connectivity index (χ2n) is 5.48. The summed E-state index contributed by atoms with van der Waals surface area (Å²) in [6, 6.07) is 6.82. The molecule has 1 N–H and O–H groups in total. The van der Waals surface area contributed by atoms with E-state index >= 15 is 0 Å². The quantitative estimate of drug-likeness (QED) is 0.796. The zero-order chi connectivity index (χ0) is 15.0. The van der Waals surface area contributed by atoms with E-state index in [2.05, 4.69) is 53.7 Å². The van der Waals surface area contributed by atoms with E-state index in [0.717, 1.165) is 17.0 Å². The predicted molar refractivity (Wildman–Crippen MR) is 86.7 cm³/mol. The van der Waals surface area contributed by atoms with E-state index in [1.54, 1.807) is 11.3 Å². The van der Waals surface area contributed by atoms with E-state index in [4.69, 9.17) is 0 Å². The molecule has 0 bridgehead atoms. The number of fused-ring (bicyclic) bond motifs is 1. The molecule has 0 saturated heterocycles. The lowest BCUT2D eigenvalue weighted by molar-refractivity contribution is 0.494. The number of hydrogen-bond acceptors (Lipinski definition) is 4. The SMILES string of the molecule is Cc1cc2ncc(C(C)N[C@H](C)c3cccs3)c(C)n2n1. The summed E-state index contributed by atoms with van der Waals surface area (Å²) in [6.07, 6.45) is 1.96. The van der Waals surface area contributed by atoms with Crippen LogP contribution in [0.1, 0.15) is 47.8 Å². The standard InChI is InChI=1S/C16H20N4S/c1-10-8-16-17-9-14(13(4)20(16)19-10)11(2)18-12(3)15-6-5-7-21-15/h5-9,11-12,18H,1-4H3/t11?,12-/m1/s1. The van der Waals surface area contributed by atoms with Crippen LogP contribution in [0.5, 0.6) is 0 Å². The molecule has 0 aliphatic carbocycles. The van der Waals surface area contributed by atoms with Crippen molar-refractivity contribution in [1.29, 1.82) is 0 Å². The number of aromatic nitrogens is 3. The molecule has 3 aromatic heterocycles. The summed E-state index contributed by atoms with van der Waals surface area (Å²) < 4.78 is 1.93. The summed E-state index contributed by atoms with van der Waals surface area (Å²) in [5.41, 5.74) is 4.24. The van der Waals surface area contributed by atoms with Gasteiger partial charge in [-0.2, -0.15) is 5.10 Å². The van der Waals surface area contributed by atoms with E-state index in [9.17, 15) is 0 Å². The number of nitrogens with one attached hydrogen (secondary N) is 1. The lowest BCUT2D eigenvalue weighted by Gasteiger charge is -2.21. The van der Waals surface area contributed by atoms with E-state index in [1.165, 1.54) is 10.4 Å². The molecule has 0 aliphatic rings. The Labute approximate surface area is 128 Å². The summed E-state index contributed by atoms with van der Waals surface area (Å²) in [6.45, 7) is 8.47. The molecule has 0 fully saturated rings. The van der Waals surface area contributed by atoms with Gasteiger partial charge in [0, 0.05) is 40.5 Å². The van der Waals surface area contributed by atoms with Gasteiger partial charge in [0.05, 0.1) is 5.69 Å². The molecule has 2 atom stereocenters. The molecule has 3 aromatic rings. The van der Waals surface area contributed by atoms with Crippen molar-refractivity contribution in [1.82, 2.24) is 19.9 Å². The molecule has 110 valence electrons. The second-order valence-corrected chi connectivity index (χ2v) is 6.46. The van der Waals surface area contributed by atoms with Crippen molar-refractivity contribution in [2.75, 3.05) is 0 Å². The number of aryl methyl sites for hydroxylation is 2. The normalized spacial score (nSPS) is 14.5. The van der Waals surface area contributed by atoms with Gasteiger partial charge < -0.3 is 5.32 Å². The maximum atomic E-state index is 4.52. The molecular weight excluding hydrogens is 280 g/mol. The van der Waals surface area contributed by atoms with Gasteiger partial charge >= 0.3 is 0 Å². The molecule has 5 heteroatoms. The van der Waals surface area contributed by atoms with Crippen molar-refractivity contribution in [3.63, 3.8) is 0 Å².